The second-order valence-electron chi connectivity index (χ2n) is 14.4. The minimum Gasteiger partial charge on any atom is -0.439 e. The van der Waals surface area contributed by atoms with Gasteiger partial charge in [-0.05, 0) is 48.3 Å². The van der Waals surface area contributed by atoms with Gasteiger partial charge in [-0.25, -0.2) is 4.79 Å². The van der Waals surface area contributed by atoms with Crippen LogP contribution in [0.15, 0.2) is 0 Å². The van der Waals surface area contributed by atoms with Crippen molar-refractivity contribution in [2.75, 3.05) is 6.54 Å². The van der Waals surface area contributed by atoms with E-state index < -0.39 is 71.7 Å². The number of fused-ring (bicyclic) bond motifs is 1. The monoisotopic (exact) mass is 599 g/mol. The predicted octanol–water partition coefficient (Wildman–Crippen LogP) is 2.72. The molecule has 42 heavy (non-hydrogen) atoms. The van der Waals surface area contributed by atoms with Crippen LogP contribution in [0.3, 0.4) is 0 Å². The molecule has 14 heteroatoms. The first-order valence-corrected chi connectivity index (χ1v) is 14.3. The number of likely N-dealkylation sites (tertiary alicyclic amines) is 1. The summed E-state index contributed by atoms with van der Waals surface area (Å²) in [5, 5.41) is 17.7. The van der Waals surface area contributed by atoms with Crippen molar-refractivity contribution in [2.45, 2.75) is 108 Å². The maximum absolute atomic E-state index is 13.9. The average Bonchev–Trinajstić information content (AvgIpc) is 3.59. The van der Waals surface area contributed by atoms with Gasteiger partial charge in [0, 0.05) is 18.0 Å². The largest absolute Gasteiger partial charge is 0.439 e. The molecule has 5 aliphatic rings. The van der Waals surface area contributed by atoms with Crippen molar-refractivity contribution >= 4 is 23.8 Å². The summed E-state index contributed by atoms with van der Waals surface area (Å²) in [7, 11) is 0. The molecule has 5 fully saturated rings. The number of nitriles is 1. The lowest BCUT2D eigenvalue weighted by Crippen LogP contribution is -2.65. The molecule has 0 aromatic carbocycles. The average molecular weight is 600 g/mol. The highest BCUT2D eigenvalue weighted by molar-refractivity contribution is 5.93. The molecule has 7 unspecified atom stereocenters. The first kappa shape index (κ1) is 30.4. The Bertz CT molecular complexity index is 1240. The summed E-state index contributed by atoms with van der Waals surface area (Å²) in [5.41, 5.74) is -1.43. The van der Waals surface area contributed by atoms with Gasteiger partial charge in [-0.2, -0.15) is 22.8 Å². The topological polar surface area (TPSA) is 141 Å². The molecule has 2 saturated heterocycles. The van der Waals surface area contributed by atoms with E-state index in [4.69, 9.17) is 0 Å². The van der Waals surface area contributed by atoms with E-state index in [9.17, 15) is 42.0 Å². The number of amides is 4. The zero-order valence-electron chi connectivity index (χ0n) is 24.2. The van der Waals surface area contributed by atoms with Crippen LogP contribution in [0.2, 0.25) is 0 Å². The number of piperidine rings is 1. The summed E-state index contributed by atoms with van der Waals surface area (Å²) < 4.78 is 58.4. The van der Waals surface area contributed by atoms with Crippen molar-refractivity contribution in [3.63, 3.8) is 0 Å². The lowest BCUT2D eigenvalue weighted by molar-refractivity contribution is -0.329. The number of carbonyl (C=O) groups excluding carboxylic acids is 4. The minimum absolute atomic E-state index is 0.0310. The van der Waals surface area contributed by atoms with Crippen LogP contribution in [-0.4, -0.2) is 76.9 Å². The molecule has 2 aliphatic heterocycles. The molecule has 7 atom stereocenters. The van der Waals surface area contributed by atoms with Gasteiger partial charge in [0.25, 0.3) is 0 Å². The van der Waals surface area contributed by atoms with E-state index in [1.807, 2.05) is 13.8 Å². The number of ether oxygens (including phenoxy) is 1. The van der Waals surface area contributed by atoms with Crippen LogP contribution < -0.4 is 16.0 Å². The molecule has 3 aliphatic carbocycles. The molecule has 2 heterocycles. The molecule has 0 bridgehead atoms. The Balaban J connectivity index is 1.28. The number of alkyl carbamates (subject to hydrolysis) is 1. The number of rotatable bonds is 7. The van der Waals surface area contributed by atoms with E-state index in [0.717, 1.165) is 12.8 Å². The lowest BCUT2D eigenvalue weighted by atomic mass is 9.85. The van der Waals surface area contributed by atoms with E-state index in [1.165, 1.54) is 4.90 Å². The third-order valence-corrected chi connectivity index (χ3v) is 9.96. The Kier molecular flexibility index (Phi) is 6.82. The molecule has 5 rings (SSSR count). The van der Waals surface area contributed by atoms with E-state index in [0.29, 0.717) is 6.42 Å². The van der Waals surface area contributed by atoms with Gasteiger partial charge in [0.2, 0.25) is 17.7 Å². The maximum atomic E-state index is 13.9. The summed E-state index contributed by atoms with van der Waals surface area (Å²) >= 11 is 0. The van der Waals surface area contributed by atoms with Crippen molar-refractivity contribution in [3.8, 4) is 6.07 Å². The van der Waals surface area contributed by atoms with Crippen molar-refractivity contribution in [3.05, 3.63) is 0 Å². The van der Waals surface area contributed by atoms with Gasteiger partial charge in [-0.15, -0.1) is 0 Å². The van der Waals surface area contributed by atoms with Gasteiger partial charge in [-0.1, -0.05) is 34.6 Å². The Morgan fingerprint density at radius 2 is 1.79 bits per heavy atom. The van der Waals surface area contributed by atoms with Gasteiger partial charge < -0.3 is 25.6 Å². The zero-order valence-corrected chi connectivity index (χ0v) is 24.2. The highest BCUT2D eigenvalue weighted by Gasteiger charge is 2.74. The second kappa shape index (κ2) is 9.44. The Hall–Kier alpha value is -3.11. The molecule has 3 N–H and O–H groups in total. The van der Waals surface area contributed by atoms with Gasteiger partial charge in [0.1, 0.15) is 18.1 Å². The van der Waals surface area contributed by atoms with Crippen molar-refractivity contribution in [2.24, 2.45) is 28.6 Å². The van der Waals surface area contributed by atoms with Crippen LogP contribution in [0.5, 0.6) is 0 Å². The maximum Gasteiger partial charge on any atom is 0.408 e. The molecule has 3 saturated carbocycles. The Labute approximate surface area is 241 Å². The molecule has 4 amide bonds. The van der Waals surface area contributed by atoms with Crippen LogP contribution in [0.4, 0.5) is 22.4 Å². The highest BCUT2D eigenvalue weighted by Crippen LogP contribution is 2.65. The fourth-order valence-corrected chi connectivity index (χ4v) is 6.96. The van der Waals surface area contributed by atoms with E-state index in [-0.39, 0.29) is 41.7 Å². The Morgan fingerprint density at radius 3 is 2.29 bits per heavy atom. The SMILES string of the molecule is CC(C)(C)C(NC(=O)OC1CC(F)(F)C1(F)F)C(=O)N1CC2C(C1C(=O)NC(C#N)CC1CC3(CC3)NC1=O)C2(C)C. The van der Waals surface area contributed by atoms with Crippen LogP contribution in [0.25, 0.3) is 0 Å². The third kappa shape index (κ3) is 4.96. The number of nitrogens with zero attached hydrogens (tertiary/aromatic N) is 2. The van der Waals surface area contributed by atoms with Crippen molar-refractivity contribution in [1.29, 1.82) is 5.26 Å². The van der Waals surface area contributed by atoms with E-state index in [2.05, 4.69) is 26.8 Å². The number of hydrogen-bond acceptors (Lipinski definition) is 6. The molecular formula is C28H37F4N5O5. The van der Waals surface area contributed by atoms with Gasteiger partial charge in [0.05, 0.1) is 12.5 Å². The number of alkyl halides is 4. The molecule has 0 aromatic rings. The first-order valence-electron chi connectivity index (χ1n) is 14.3. The van der Waals surface area contributed by atoms with Gasteiger partial charge >= 0.3 is 17.9 Å². The second-order valence-corrected chi connectivity index (χ2v) is 14.4. The summed E-state index contributed by atoms with van der Waals surface area (Å²) in [6.45, 7) is 8.97. The standard InChI is InChI=1S/C28H37F4N5O5/c1-24(2,3)19(35-23(41)42-16-10-27(29,30)28(16,31)32)22(40)37-12-15-17(25(15,4)5)18(37)21(39)34-14(11-33)8-13-9-26(6-7-26)36-20(13)38/h13-19H,6-10,12H2,1-5H3,(H,34,39)(H,35,41)(H,36,38). The van der Waals surface area contributed by atoms with E-state index >= 15 is 0 Å². The van der Waals surface area contributed by atoms with Crippen LogP contribution in [0, 0.1) is 39.9 Å². The predicted molar refractivity (Wildman–Crippen MR) is 138 cm³/mol. The molecule has 0 radical (unpaired) electrons. The molecule has 0 aromatic heterocycles. The Morgan fingerprint density at radius 1 is 1.14 bits per heavy atom. The van der Waals surface area contributed by atoms with Crippen LogP contribution in [-0.2, 0) is 19.1 Å². The lowest BCUT2D eigenvalue weighted by Gasteiger charge is -2.43. The van der Waals surface area contributed by atoms with Crippen molar-refractivity contribution in [1.82, 2.24) is 20.9 Å². The number of carbonyl (C=O) groups is 4. The smallest absolute Gasteiger partial charge is 0.408 e. The van der Waals surface area contributed by atoms with Crippen LogP contribution in [0.1, 0.15) is 66.7 Å². The summed E-state index contributed by atoms with van der Waals surface area (Å²) in [6, 6.07) is -1.22. The normalized spacial score (nSPS) is 33.8. The van der Waals surface area contributed by atoms with Crippen LogP contribution >= 0.6 is 0 Å². The summed E-state index contributed by atoms with van der Waals surface area (Å²) in [6.07, 6.45) is -2.59. The first-order chi connectivity index (χ1) is 19.2. The highest BCUT2D eigenvalue weighted by atomic mass is 19.3. The number of halogens is 4. The van der Waals surface area contributed by atoms with Gasteiger partial charge in [0.15, 0.2) is 6.10 Å². The van der Waals surface area contributed by atoms with Gasteiger partial charge in [-0.3, -0.25) is 14.4 Å². The zero-order chi connectivity index (χ0) is 31.2. The number of hydrogen-bond donors (Lipinski definition) is 3. The minimum atomic E-state index is -4.52. The summed E-state index contributed by atoms with van der Waals surface area (Å²) in [5.74, 6) is -10.8. The summed E-state index contributed by atoms with van der Waals surface area (Å²) in [4.78, 5) is 53.8. The van der Waals surface area contributed by atoms with Crippen molar-refractivity contribution < 1.29 is 41.5 Å². The van der Waals surface area contributed by atoms with E-state index in [1.54, 1.807) is 20.8 Å². The molecule has 1 spiro atoms. The molecule has 10 nitrogen and oxygen atoms in total. The fraction of sp³-hybridized carbons (Fsp3) is 0.821. The quantitative estimate of drug-likeness (QED) is 0.385. The molecular weight excluding hydrogens is 562 g/mol. The fourth-order valence-electron chi connectivity index (χ4n) is 6.96. The number of nitrogens with one attached hydrogen (secondary N) is 3. The molecule has 232 valence electrons. The third-order valence-electron chi connectivity index (χ3n) is 9.96.